The van der Waals surface area contributed by atoms with Gasteiger partial charge in [-0.3, -0.25) is 9.59 Å². The fourth-order valence-electron chi connectivity index (χ4n) is 2.90. The number of amides is 2. The third-order valence-electron chi connectivity index (χ3n) is 4.49. The van der Waals surface area contributed by atoms with Crippen LogP contribution in [0.25, 0.3) is 0 Å². The predicted octanol–water partition coefficient (Wildman–Crippen LogP) is 3.12. The number of hydrogen-bond donors (Lipinski definition) is 1. The molecule has 0 spiro atoms. The highest BCUT2D eigenvalue weighted by molar-refractivity contribution is 6.10. The highest BCUT2D eigenvalue weighted by Gasteiger charge is 2.39. The van der Waals surface area contributed by atoms with Crippen LogP contribution in [-0.4, -0.2) is 24.9 Å². The Morgan fingerprint density at radius 2 is 1.68 bits per heavy atom. The molecule has 1 aromatic carbocycles. The van der Waals surface area contributed by atoms with Crippen LogP contribution in [0.3, 0.4) is 0 Å². The van der Waals surface area contributed by atoms with Gasteiger partial charge < -0.3 is 10.2 Å². The summed E-state index contributed by atoms with van der Waals surface area (Å²) in [4.78, 5) is 26.8. The molecule has 22 heavy (non-hydrogen) atoms. The van der Waals surface area contributed by atoms with Crippen LogP contribution in [0, 0.1) is 5.41 Å². The predicted molar refractivity (Wildman–Crippen MR) is 88.6 cm³/mol. The fraction of sp³-hybridized carbons (Fsp3) is 0.556. The first-order valence-corrected chi connectivity index (χ1v) is 8.07. The van der Waals surface area contributed by atoms with E-state index >= 15 is 0 Å². The molecule has 4 nitrogen and oxygen atoms in total. The molecule has 0 bridgehead atoms. The lowest BCUT2D eigenvalue weighted by molar-refractivity contribution is -0.140. The van der Waals surface area contributed by atoms with E-state index in [1.54, 1.807) is 25.8 Å². The van der Waals surface area contributed by atoms with Crippen LogP contribution < -0.4 is 10.2 Å². The first-order valence-electron chi connectivity index (χ1n) is 8.07. The quantitative estimate of drug-likeness (QED) is 0.869. The number of rotatable bonds is 4. The summed E-state index contributed by atoms with van der Waals surface area (Å²) in [5.74, 6) is -0.362. The van der Waals surface area contributed by atoms with E-state index in [0.717, 1.165) is 31.4 Å². The Kier molecular flexibility index (Phi) is 5.22. The monoisotopic (exact) mass is 302 g/mol. The Bertz CT molecular complexity index is 519. The van der Waals surface area contributed by atoms with E-state index in [1.807, 2.05) is 30.3 Å². The second-order valence-electron chi connectivity index (χ2n) is 6.63. The highest BCUT2D eigenvalue weighted by Crippen LogP contribution is 2.25. The minimum Gasteiger partial charge on any atom is -0.352 e. The van der Waals surface area contributed by atoms with E-state index in [0.29, 0.717) is 0 Å². The summed E-state index contributed by atoms with van der Waals surface area (Å²) in [6.45, 7) is 3.40. The maximum Gasteiger partial charge on any atom is 0.241 e. The Hall–Kier alpha value is -1.84. The van der Waals surface area contributed by atoms with Gasteiger partial charge in [0.1, 0.15) is 5.41 Å². The van der Waals surface area contributed by atoms with Crippen molar-refractivity contribution in [3.63, 3.8) is 0 Å². The third kappa shape index (κ3) is 3.67. The van der Waals surface area contributed by atoms with Gasteiger partial charge in [0.25, 0.3) is 0 Å². The van der Waals surface area contributed by atoms with Crippen LogP contribution in [-0.2, 0) is 9.59 Å². The maximum absolute atomic E-state index is 12.7. The van der Waals surface area contributed by atoms with Crippen LogP contribution in [0.4, 0.5) is 5.69 Å². The first-order chi connectivity index (χ1) is 10.4. The normalized spacial score (nSPS) is 16.1. The van der Waals surface area contributed by atoms with Crippen molar-refractivity contribution in [3.05, 3.63) is 30.3 Å². The van der Waals surface area contributed by atoms with Crippen molar-refractivity contribution in [1.29, 1.82) is 0 Å². The van der Waals surface area contributed by atoms with Crippen LogP contribution >= 0.6 is 0 Å². The SMILES string of the molecule is CN(C(=O)C(C)(C)C(=O)NC1CCCCC1)c1ccccc1. The molecule has 0 aromatic heterocycles. The van der Waals surface area contributed by atoms with Gasteiger partial charge in [0, 0.05) is 18.8 Å². The van der Waals surface area contributed by atoms with Crippen molar-refractivity contribution in [2.75, 3.05) is 11.9 Å². The molecule has 1 aromatic rings. The molecule has 0 aliphatic heterocycles. The number of anilines is 1. The lowest BCUT2D eigenvalue weighted by Gasteiger charge is -2.31. The van der Waals surface area contributed by atoms with E-state index in [-0.39, 0.29) is 17.9 Å². The van der Waals surface area contributed by atoms with Crippen molar-refractivity contribution in [2.24, 2.45) is 5.41 Å². The molecular formula is C18H26N2O2. The van der Waals surface area contributed by atoms with Crippen molar-refractivity contribution in [3.8, 4) is 0 Å². The summed E-state index contributed by atoms with van der Waals surface area (Å²) in [6, 6.07) is 9.63. The molecule has 4 heteroatoms. The molecule has 1 fully saturated rings. The van der Waals surface area contributed by atoms with Gasteiger partial charge in [-0.05, 0) is 38.8 Å². The van der Waals surface area contributed by atoms with Crippen LogP contribution in [0.15, 0.2) is 30.3 Å². The second-order valence-corrected chi connectivity index (χ2v) is 6.63. The van der Waals surface area contributed by atoms with Gasteiger partial charge in [0.2, 0.25) is 11.8 Å². The zero-order valence-electron chi connectivity index (χ0n) is 13.8. The lowest BCUT2D eigenvalue weighted by Crippen LogP contribution is -2.51. The Balaban J connectivity index is 2.04. The van der Waals surface area contributed by atoms with Gasteiger partial charge in [-0.25, -0.2) is 0 Å². The molecule has 2 rings (SSSR count). The minimum absolute atomic E-state index is 0.174. The molecule has 0 atom stereocenters. The number of hydrogen-bond acceptors (Lipinski definition) is 2. The third-order valence-corrected chi connectivity index (χ3v) is 4.49. The van der Waals surface area contributed by atoms with E-state index in [2.05, 4.69) is 5.32 Å². The largest absolute Gasteiger partial charge is 0.352 e. The number of carbonyl (C=O) groups is 2. The summed E-state index contributed by atoms with van der Waals surface area (Å²) in [7, 11) is 1.72. The van der Waals surface area contributed by atoms with Gasteiger partial charge >= 0.3 is 0 Å². The molecule has 120 valence electrons. The molecule has 1 aliphatic carbocycles. The summed E-state index contributed by atoms with van der Waals surface area (Å²) in [6.07, 6.45) is 5.59. The maximum atomic E-state index is 12.7. The molecule has 1 saturated carbocycles. The molecule has 0 saturated heterocycles. The van der Waals surface area contributed by atoms with Crippen molar-refractivity contribution in [1.82, 2.24) is 5.32 Å². The van der Waals surface area contributed by atoms with Crippen LogP contribution in [0.2, 0.25) is 0 Å². The summed E-state index contributed by atoms with van der Waals surface area (Å²) in [5.41, 5.74) is -0.270. The number of benzene rings is 1. The van der Waals surface area contributed by atoms with E-state index in [4.69, 9.17) is 0 Å². The zero-order valence-corrected chi connectivity index (χ0v) is 13.8. The standard InChI is InChI=1S/C18H26N2O2/c1-18(2,16(21)19-14-10-6-4-7-11-14)17(22)20(3)15-12-8-5-9-13-15/h5,8-9,12-14H,4,6-7,10-11H2,1-3H3,(H,19,21). The van der Waals surface area contributed by atoms with Crippen LogP contribution in [0.5, 0.6) is 0 Å². The number of nitrogens with one attached hydrogen (secondary N) is 1. The summed E-state index contributed by atoms with van der Waals surface area (Å²) >= 11 is 0. The average molecular weight is 302 g/mol. The van der Waals surface area contributed by atoms with E-state index in [1.165, 1.54) is 6.42 Å². The van der Waals surface area contributed by atoms with E-state index in [9.17, 15) is 9.59 Å². The molecule has 1 N–H and O–H groups in total. The number of para-hydroxylation sites is 1. The highest BCUT2D eigenvalue weighted by atomic mass is 16.2. The Labute approximate surface area is 132 Å². The molecular weight excluding hydrogens is 276 g/mol. The lowest BCUT2D eigenvalue weighted by atomic mass is 9.88. The van der Waals surface area contributed by atoms with Crippen molar-refractivity contribution < 1.29 is 9.59 Å². The first kappa shape index (κ1) is 16.5. The number of carbonyl (C=O) groups excluding carboxylic acids is 2. The molecule has 1 aliphatic rings. The molecule has 0 radical (unpaired) electrons. The Morgan fingerprint density at radius 1 is 1.09 bits per heavy atom. The number of nitrogens with zero attached hydrogens (tertiary/aromatic N) is 1. The van der Waals surface area contributed by atoms with Crippen molar-refractivity contribution >= 4 is 17.5 Å². The topological polar surface area (TPSA) is 49.4 Å². The Morgan fingerprint density at radius 3 is 2.27 bits per heavy atom. The van der Waals surface area contributed by atoms with Gasteiger partial charge in [0.15, 0.2) is 0 Å². The van der Waals surface area contributed by atoms with E-state index < -0.39 is 5.41 Å². The minimum atomic E-state index is -1.07. The average Bonchev–Trinajstić information content (AvgIpc) is 2.55. The zero-order chi connectivity index (χ0) is 16.2. The summed E-state index contributed by atoms with van der Waals surface area (Å²) < 4.78 is 0. The van der Waals surface area contributed by atoms with Gasteiger partial charge in [-0.15, -0.1) is 0 Å². The smallest absolute Gasteiger partial charge is 0.241 e. The molecule has 2 amide bonds. The molecule has 0 unspecified atom stereocenters. The van der Waals surface area contributed by atoms with Crippen molar-refractivity contribution in [2.45, 2.75) is 52.0 Å². The second kappa shape index (κ2) is 6.95. The van der Waals surface area contributed by atoms with Gasteiger partial charge in [-0.1, -0.05) is 37.5 Å². The fourth-order valence-corrected chi connectivity index (χ4v) is 2.90. The van der Waals surface area contributed by atoms with Gasteiger partial charge in [-0.2, -0.15) is 0 Å². The van der Waals surface area contributed by atoms with Crippen LogP contribution in [0.1, 0.15) is 46.0 Å². The van der Waals surface area contributed by atoms with Gasteiger partial charge in [0.05, 0.1) is 0 Å². The summed E-state index contributed by atoms with van der Waals surface area (Å²) in [5, 5.41) is 3.06. The molecule has 0 heterocycles.